The Labute approximate surface area is 120 Å². The molecule has 1 rings (SSSR count). The molecule has 0 saturated heterocycles. The first-order chi connectivity index (χ1) is 8.93. The second-order valence-electron chi connectivity index (χ2n) is 5.14. The van der Waals surface area contributed by atoms with Crippen molar-refractivity contribution in [3.05, 3.63) is 28.8 Å². The first kappa shape index (κ1) is 15.8. The Balaban J connectivity index is 2.68. The second kappa shape index (κ2) is 7.39. The van der Waals surface area contributed by atoms with Gasteiger partial charge >= 0.3 is 0 Å². The standard InChI is InChI=1S/C15H22ClNO2/c1-11(2)5-8-15(18)17(3)10-12-9-13(16)6-7-14(12)19-4/h6-7,9,11H,5,8,10H2,1-4H3. The van der Waals surface area contributed by atoms with E-state index in [4.69, 9.17) is 16.3 Å². The summed E-state index contributed by atoms with van der Waals surface area (Å²) in [6.07, 6.45) is 1.49. The highest BCUT2D eigenvalue weighted by Crippen LogP contribution is 2.24. The van der Waals surface area contributed by atoms with Gasteiger partial charge < -0.3 is 9.64 Å². The van der Waals surface area contributed by atoms with E-state index in [9.17, 15) is 4.79 Å². The Bertz CT molecular complexity index is 432. The predicted octanol–water partition coefficient (Wildman–Crippen LogP) is 3.74. The summed E-state index contributed by atoms with van der Waals surface area (Å²) in [5.74, 6) is 1.45. The average molecular weight is 284 g/mol. The number of rotatable bonds is 6. The Morgan fingerprint density at radius 3 is 2.68 bits per heavy atom. The number of benzene rings is 1. The Kier molecular flexibility index (Phi) is 6.16. The molecule has 0 fully saturated rings. The van der Waals surface area contributed by atoms with Crippen LogP contribution in [0.2, 0.25) is 5.02 Å². The Morgan fingerprint density at radius 1 is 1.42 bits per heavy atom. The van der Waals surface area contributed by atoms with Crippen LogP contribution >= 0.6 is 11.6 Å². The summed E-state index contributed by atoms with van der Waals surface area (Å²) >= 11 is 5.98. The van der Waals surface area contributed by atoms with Crippen LogP contribution in [-0.2, 0) is 11.3 Å². The summed E-state index contributed by atoms with van der Waals surface area (Å²) in [6, 6.07) is 5.45. The van der Waals surface area contributed by atoms with Crippen LogP contribution in [0.4, 0.5) is 0 Å². The molecule has 4 heteroatoms. The zero-order chi connectivity index (χ0) is 14.4. The van der Waals surface area contributed by atoms with E-state index >= 15 is 0 Å². The third-order valence-electron chi connectivity index (χ3n) is 3.01. The number of nitrogens with zero attached hydrogens (tertiary/aromatic N) is 1. The minimum atomic E-state index is 0.149. The van der Waals surface area contributed by atoms with Crippen molar-refractivity contribution >= 4 is 17.5 Å². The lowest BCUT2D eigenvalue weighted by molar-refractivity contribution is -0.130. The van der Waals surface area contributed by atoms with Gasteiger partial charge in [-0.2, -0.15) is 0 Å². The van der Waals surface area contributed by atoms with Crippen molar-refractivity contribution in [3.8, 4) is 5.75 Å². The van der Waals surface area contributed by atoms with Gasteiger partial charge in [-0.05, 0) is 30.5 Å². The molecule has 0 unspecified atom stereocenters. The lowest BCUT2D eigenvalue weighted by Gasteiger charge is -2.19. The molecule has 0 aliphatic carbocycles. The van der Waals surface area contributed by atoms with E-state index in [2.05, 4.69) is 13.8 Å². The largest absolute Gasteiger partial charge is 0.496 e. The molecule has 1 amide bonds. The molecule has 0 aliphatic rings. The van der Waals surface area contributed by atoms with Gasteiger partial charge in [-0.3, -0.25) is 4.79 Å². The van der Waals surface area contributed by atoms with Crippen LogP contribution in [0.25, 0.3) is 0 Å². The van der Waals surface area contributed by atoms with E-state index in [0.717, 1.165) is 17.7 Å². The molecule has 0 aliphatic heterocycles. The molecule has 0 atom stereocenters. The van der Waals surface area contributed by atoms with Crippen LogP contribution in [-0.4, -0.2) is 25.0 Å². The van der Waals surface area contributed by atoms with Gasteiger partial charge in [-0.15, -0.1) is 0 Å². The van der Waals surface area contributed by atoms with Crippen molar-refractivity contribution in [3.63, 3.8) is 0 Å². The lowest BCUT2D eigenvalue weighted by atomic mass is 10.1. The first-order valence-corrected chi connectivity index (χ1v) is 6.88. The first-order valence-electron chi connectivity index (χ1n) is 6.50. The minimum absolute atomic E-state index is 0.149. The number of halogens is 1. The van der Waals surface area contributed by atoms with E-state index in [1.807, 2.05) is 19.2 Å². The van der Waals surface area contributed by atoms with Crippen molar-refractivity contribution in [2.24, 2.45) is 5.92 Å². The molecule has 0 aromatic heterocycles. The van der Waals surface area contributed by atoms with Crippen LogP contribution in [0.15, 0.2) is 18.2 Å². The number of amides is 1. The van der Waals surface area contributed by atoms with Crippen LogP contribution in [0.5, 0.6) is 5.75 Å². The lowest BCUT2D eigenvalue weighted by Crippen LogP contribution is -2.26. The van der Waals surface area contributed by atoms with Crippen LogP contribution in [0, 0.1) is 5.92 Å². The second-order valence-corrected chi connectivity index (χ2v) is 5.57. The van der Waals surface area contributed by atoms with Crippen molar-refractivity contribution < 1.29 is 9.53 Å². The Morgan fingerprint density at radius 2 is 2.11 bits per heavy atom. The number of hydrogen-bond donors (Lipinski definition) is 0. The third kappa shape index (κ3) is 5.11. The molecule has 0 radical (unpaired) electrons. The molecule has 19 heavy (non-hydrogen) atoms. The molecular formula is C15H22ClNO2. The monoisotopic (exact) mass is 283 g/mol. The van der Waals surface area contributed by atoms with E-state index < -0.39 is 0 Å². The third-order valence-corrected chi connectivity index (χ3v) is 3.25. The quantitative estimate of drug-likeness (QED) is 0.796. The molecule has 1 aromatic rings. The van der Waals surface area contributed by atoms with Crippen molar-refractivity contribution in [1.82, 2.24) is 4.90 Å². The molecule has 0 N–H and O–H groups in total. The maximum atomic E-state index is 12.0. The fourth-order valence-electron chi connectivity index (χ4n) is 1.82. The number of methoxy groups -OCH3 is 1. The predicted molar refractivity (Wildman–Crippen MR) is 78.6 cm³/mol. The van der Waals surface area contributed by atoms with Crippen molar-refractivity contribution in [2.75, 3.05) is 14.2 Å². The normalized spacial score (nSPS) is 10.6. The fourth-order valence-corrected chi connectivity index (χ4v) is 2.01. The van der Waals surface area contributed by atoms with Crippen LogP contribution in [0.3, 0.4) is 0 Å². The zero-order valence-corrected chi connectivity index (χ0v) is 12.8. The van der Waals surface area contributed by atoms with Crippen molar-refractivity contribution in [1.29, 1.82) is 0 Å². The molecule has 0 bridgehead atoms. The van der Waals surface area contributed by atoms with Gasteiger partial charge in [-0.1, -0.05) is 25.4 Å². The smallest absolute Gasteiger partial charge is 0.222 e. The summed E-state index contributed by atoms with van der Waals surface area (Å²) < 4.78 is 5.28. The SMILES string of the molecule is COc1ccc(Cl)cc1CN(C)C(=O)CCC(C)C. The summed E-state index contributed by atoms with van der Waals surface area (Å²) in [7, 11) is 3.43. The number of carbonyl (C=O) groups excluding carboxylic acids is 1. The number of carbonyl (C=O) groups is 1. The summed E-state index contributed by atoms with van der Waals surface area (Å²) in [5, 5.41) is 0.652. The van der Waals surface area contributed by atoms with Crippen molar-refractivity contribution in [2.45, 2.75) is 33.2 Å². The topological polar surface area (TPSA) is 29.5 Å². The minimum Gasteiger partial charge on any atom is -0.496 e. The summed E-state index contributed by atoms with van der Waals surface area (Å²) in [4.78, 5) is 13.7. The van der Waals surface area contributed by atoms with E-state index in [0.29, 0.717) is 23.9 Å². The van der Waals surface area contributed by atoms with E-state index in [1.54, 1.807) is 18.1 Å². The molecule has 0 heterocycles. The number of hydrogen-bond acceptors (Lipinski definition) is 2. The zero-order valence-electron chi connectivity index (χ0n) is 12.1. The molecular weight excluding hydrogens is 262 g/mol. The molecule has 0 spiro atoms. The fraction of sp³-hybridized carbons (Fsp3) is 0.533. The summed E-state index contributed by atoms with van der Waals surface area (Å²) in [5.41, 5.74) is 0.926. The Hall–Kier alpha value is -1.22. The molecule has 1 aromatic carbocycles. The maximum absolute atomic E-state index is 12.0. The molecule has 106 valence electrons. The van der Waals surface area contributed by atoms with E-state index in [-0.39, 0.29) is 5.91 Å². The molecule has 0 saturated carbocycles. The highest BCUT2D eigenvalue weighted by atomic mass is 35.5. The van der Waals surface area contributed by atoms with Gasteiger partial charge in [0, 0.05) is 30.6 Å². The van der Waals surface area contributed by atoms with E-state index in [1.165, 1.54) is 0 Å². The van der Waals surface area contributed by atoms with Gasteiger partial charge in [0.2, 0.25) is 5.91 Å². The van der Waals surface area contributed by atoms with Gasteiger partial charge in [0.15, 0.2) is 0 Å². The summed E-state index contributed by atoms with van der Waals surface area (Å²) in [6.45, 7) is 4.75. The average Bonchev–Trinajstić information content (AvgIpc) is 2.36. The number of ether oxygens (including phenoxy) is 1. The van der Waals surface area contributed by atoms with Crippen LogP contribution in [0.1, 0.15) is 32.3 Å². The molecule has 3 nitrogen and oxygen atoms in total. The van der Waals surface area contributed by atoms with Crippen LogP contribution < -0.4 is 4.74 Å². The maximum Gasteiger partial charge on any atom is 0.222 e. The van der Waals surface area contributed by atoms with Gasteiger partial charge in [0.05, 0.1) is 7.11 Å². The van der Waals surface area contributed by atoms with Gasteiger partial charge in [0.1, 0.15) is 5.75 Å². The highest BCUT2D eigenvalue weighted by molar-refractivity contribution is 6.30. The highest BCUT2D eigenvalue weighted by Gasteiger charge is 2.12. The van der Waals surface area contributed by atoms with Gasteiger partial charge in [-0.25, -0.2) is 0 Å². The van der Waals surface area contributed by atoms with Gasteiger partial charge in [0.25, 0.3) is 0 Å².